The topological polar surface area (TPSA) is 98.0 Å². The maximum Gasteiger partial charge on any atom is 0.251 e. The van der Waals surface area contributed by atoms with Crippen LogP contribution in [0.25, 0.3) is 10.2 Å². The molecule has 3 rings (SSSR count). The van der Waals surface area contributed by atoms with Crippen LogP contribution in [0.3, 0.4) is 0 Å². The Morgan fingerprint density at radius 2 is 2.04 bits per heavy atom. The lowest BCUT2D eigenvalue weighted by Gasteiger charge is -2.11. The molecule has 2 amide bonds. The van der Waals surface area contributed by atoms with Crippen molar-refractivity contribution in [3.8, 4) is 0 Å². The van der Waals surface area contributed by atoms with Crippen molar-refractivity contribution in [3.05, 3.63) is 34.8 Å². The highest BCUT2D eigenvalue weighted by Gasteiger charge is 2.20. The summed E-state index contributed by atoms with van der Waals surface area (Å²) in [5, 5.41) is 7.28. The van der Waals surface area contributed by atoms with E-state index in [1.807, 2.05) is 11.4 Å². The van der Waals surface area contributed by atoms with E-state index >= 15 is 0 Å². The van der Waals surface area contributed by atoms with Crippen molar-refractivity contribution in [1.29, 1.82) is 0 Å². The van der Waals surface area contributed by atoms with E-state index in [1.165, 1.54) is 29.4 Å². The van der Waals surface area contributed by atoms with Gasteiger partial charge in [0, 0.05) is 0 Å². The van der Waals surface area contributed by atoms with E-state index in [-0.39, 0.29) is 11.2 Å². The van der Waals surface area contributed by atoms with E-state index in [0.29, 0.717) is 10.6 Å². The van der Waals surface area contributed by atoms with Crippen LogP contribution in [0.2, 0.25) is 0 Å². The van der Waals surface area contributed by atoms with E-state index in [2.05, 4.69) is 15.3 Å². The van der Waals surface area contributed by atoms with Crippen LogP contribution in [0, 0.1) is 0 Å². The molecule has 0 aromatic carbocycles. The van der Waals surface area contributed by atoms with Crippen LogP contribution in [0.5, 0.6) is 0 Å². The summed E-state index contributed by atoms with van der Waals surface area (Å²) in [6.45, 7) is 1.79. The third kappa shape index (κ3) is 3.36. The van der Waals surface area contributed by atoms with Gasteiger partial charge in [0.1, 0.15) is 16.4 Å². The van der Waals surface area contributed by atoms with Gasteiger partial charge in [-0.05, 0) is 29.8 Å². The Morgan fingerprint density at radius 1 is 1.26 bits per heavy atom. The molecule has 0 aliphatic heterocycles. The summed E-state index contributed by atoms with van der Waals surface area (Å²) in [7, 11) is 0. The van der Waals surface area contributed by atoms with Gasteiger partial charge < -0.3 is 11.1 Å². The molecule has 0 spiro atoms. The summed E-state index contributed by atoms with van der Waals surface area (Å²) in [6.07, 6.45) is 1.49. The van der Waals surface area contributed by atoms with Crippen LogP contribution in [-0.2, 0) is 4.79 Å². The number of thioether (sulfide) groups is 1. The average Bonchev–Trinajstić information content (AvgIpc) is 3.16. The molecule has 0 saturated carbocycles. The van der Waals surface area contributed by atoms with E-state index in [1.54, 1.807) is 29.7 Å². The van der Waals surface area contributed by atoms with Gasteiger partial charge in [-0.25, -0.2) is 9.97 Å². The number of primary amides is 1. The minimum absolute atomic E-state index is 0.205. The fourth-order valence-electron chi connectivity index (χ4n) is 1.88. The first-order chi connectivity index (χ1) is 11.1. The number of thiophene rings is 2. The second-order valence-electron chi connectivity index (χ2n) is 4.59. The third-order valence-electron chi connectivity index (χ3n) is 3.04. The SMILES string of the molecule is C[C@H](Sc1ncnc2ccsc12)C(=O)Nc1sccc1C(N)=O. The van der Waals surface area contributed by atoms with E-state index in [4.69, 9.17) is 5.73 Å². The third-order valence-corrected chi connectivity index (χ3v) is 6.01. The maximum atomic E-state index is 12.3. The monoisotopic (exact) mass is 364 g/mol. The van der Waals surface area contributed by atoms with E-state index in [0.717, 1.165) is 15.2 Å². The standard InChI is InChI=1S/C14H12N4O2S3/c1-7(12(20)18-13-8(11(15)19)2-4-22-13)23-14-10-9(3-5-21-10)16-6-17-14/h2-7H,1H3,(H2,15,19)(H,18,20)/t7-/m0/s1. The van der Waals surface area contributed by atoms with Gasteiger partial charge in [-0.3, -0.25) is 9.59 Å². The van der Waals surface area contributed by atoms with Crippen LogP contribution < -0.4 is 11.1 Å². The van der Waals surface area contributed by atoms with Crippen molar-refractivity contribution in [3.63, 3.8) is 0 Å². The summed E-state index contributed by atoms with van der Waals surface area (Å²) in [5.41, 5.74) is 6.47. The highest BCUT2D eigenvalue weighted by Crippen LogP contribution is 2.32. The predicted octanol–water partition coefficient (Wildman–Crippen LogP) is 2.97. The van der Waals surface area contributed by atoms with Crippen molar-refractivity contribution in [1.82, 2.24) is 9.97 Å². The van der Waals surface area contributed by atoms with Crippen LogP contribution in [0.15, 0.2) is 34.2 Å². The zero-order valence-corrected chi connectivity index (χ0v) is 14.4. The molecule has 0 aliphatic rings. The molecular formula is C14H12N4O2S3. The van der Waals surface area contributed by atoms with Gasteiger partial charge in [-0.15, -0.1) is 22.7 Å². The van der Waals surface area contributed by atoms with E-state index in [9.17, 15) is 9.59 Å². The van der Waals surface area contributed by atoms with E-state index < -0.39 is 5.91 Å². The molecule has 3 aromatic heterocycles. The number of fused-ring (bicyclic) bond motifs is 1. The van der Waals surface area contributed by atoms with Gasteiger partial charge in [0.15, 0.2) is 0 Å². The molecule has 0 bridgehead atoms. The highest BCUT2D eigenvalue weighted by atomic mass is 32.2. The maximum absolute atomic E-state index is 12.3. The first-order valence-electron chi connectivity index (χ1n) is 6.59. The van der Waals surface area contributed by atoms with Crippen LogP contribution in [-0.4, -0.2) is 27.0 Å². The number of nitrogens with zero attached hydrogens (tertiary/aromatic N) is 2. The number of amides is 2. The minimum atomic E-state index is -0.557. The Balaban J connectivity index is 1.74. The van der Waals surface area contributed by atoms with Crippen LogP contribution in [0.4, 0.5) is 5.00 Å². The van der Waals surface area contributed by atoms with Gasteiger partial charge in [-0.2, -0.15) is 0 Å². The second kappa shape index (κ2) is 6.65. The Kier molecular flexibility index (Phi) is 4.60. The molecular weight excluding hydrogens is 352 g/mol. The molecule has 3 aromatic rings. The molecule has 3 N–H and O–H groups in total. The van der Waals surface area contributed by atoms with Gasteiger partial charge in [0.05, 0.1) is 21.0 Å². The Morgan fingerprint density at radius 3 is 2.83 bits per heavy atom. The first-order valence-corrected chi connectivity index (χ1v) is 9.23. The lowest BCUT2D eigenvalue weighted by Crippen LogP contribution is -2.23. The number of nitrogens with two attached hydrogens (primary N) is 1. The average molecular weight is 364 g/mol. The fraction of sp³-hybridized carbons (Fsp3) is 0.143. The Bertz CT molecular complexity index is 874. The van der Waals surface area contributed by atoms with Gasteiger partial charge >= 0.3 is 0 Å². The zero-order valence-electron chi connectivity index (χ0n) is 12.0. The summed E-state index contributed by atoms with van der Waals surface area (Å²) in [4.78, 5) is 32.1. The Labute approximate surface area is 144 Å². The van der Waals surface area contributed by atoms with Crippen molar-refractivity contribution in [2.75, 3.05) is 5.32 Å². The summed E-state index contributed by atoms with van der Waals surface area (Å²) in [5.74, 6) is -0.763. The van der Waals surface area contributed by atoms with Crippen molar-refractivity contribution >= 4 is 61.5 Å². The lowest BCUT2D eigenvalue weighted by atomic mass is 10.3. The summed E-state index contributed by atoms with van der Waals surface area (Å²) < 4.78 is 0.964. The molecule has 0 aliphatic carbocycles. The van der Waals surface area contributed by atoms with Crippen LogP contribution >= 0.6 is 34.4 Å². The second-order valence-corrected chi connectivity index (χ2v) is 7.75. The minimum Gasteiger partial charge on any atom is -0.366 e. The number of carbonyl (C=O) groups is 2. The van der Waals surface area contributed by atoms with Gasteiger partial charge in [-0.1, -0.05) is 11.8 Å². The van der Waals surface area contributed by atoms with Crippen molar-refractivity contribution < 1.29 is 9.59 Å². The number of hydrogen-bond donors (Lipinski definition) is 2. The molecule has 23 heavy (non-hydrogen) atoms. The molecule has 118 valence electrons. The number of hydrogen-bond acceptors (Lipinski definition) is 7. The first kappa shape index (κ1) is 15.9. The molecule has 0 saturated heterocycles. The van der Waals surface area contributed by atoms with Crippen molar-refractivity contribution in [2.45, 2.75) is 17.2 Å². The zero-order chi connectivity index (χ0) is 16.4. The molecule has 0 fully saturated rings. The molecule has 9 heteroatoms. The number of nitrogens with one attached hydrogen (secondary N) is 1. The number of aromatic nitrogens is 2. The molecule has 0 radical (unpaired) electrons. The quantitative estimate of drug-likeness (QED) is 0.536. The number of rotatable bonds is 5. The predicted molar refractivity (Wildman–Crippen MR) is 94.2 cm³/mol. The molecule has 6 nitrogen and oxygen atoms in total. The highest BCUT2D eigenvalue weighted by molar-refractivity contribution is 8.00. The summed E-state index contributed by atoms with van der Waals surface area (Å²) in [6, 6.07) is 3.52. The number of carbonyl (C=O) groups excluding carboxylic acids is 2. The van der Waals surface area contributed by atoms with Gasteiger partial charge in [0.25, 0.3) is 5.91 Å². The number of anilines is 1. The Hall–Kier alpha value is -1.97. The van der Waals surface area contributed by atoms with Crippen molar-refractivity contribution in [2.24, 2.45) is 5.73 Å². The summed E-state index contributed by atoms with van der Waals surface area (Å²) >= 11 is 4.17. The lowest BCUT2D eigenvalue weighted by molar-refractivity contribution is -0.115. The van der Waals surface area contributed by atoms with Crippen LogP contribution in [0.1, 0.15) is 17.3 Å². The molecule has 1 atom stereocenters. The fourth-order valence-corrected chi connectivity index (χ4v) is 4.52. The largest absolute Gasteiger partial charge is 0.366 e. The smallest absolute Gasteiger partial charge is 0.251 e. The molecule has 0 unspecified atom stereocenters. The normalized spacial score (nSPS) is 12.2. The molecule has 3 heterocycles. The van der Waals surface area contributed by atoms with Gasteiger partial charge in [0.2, 0.25) is 5.91 Å².